The van der Waals surface area contributed by atoms with E-state index in [2.05, 4.69) is 0 Å². The van der Waals surface area contributed by atoms with E-state index in [1.165, 1.54) is 11.4 Å². The van der Waals surface area contributed by atoms with E-state index in [0.29, 0.717) is 28.3 Å². The van der Waals surface area contributed by atoms with Gasteiger partial charge in [0.25, 0.3) is 10.0 Å². The van der Waals surface area contributed by atoms with E-state index in [-0.39, 0.29) is 23.6 Å². The first-order valence-corrected chi connectivity index (χ1v) is 9.63. The summed E-state index contributed by atoms with van der Waals surface area (Å²) < 4.78 is 38.4. The minimum atomic E-state index is -3.81. The Kier molecular flexibility index (Phi) is 4.66. The third-order valence-corrected chi connectivity index (χ3v) is 6.53. The summed E-state index contributed by atoms with van der Waals surface area (Å²) in [6.07, 6.45) is 0.133. The first-order chi connectivity index (χ1) is 12.3. The molecule has 0 aliphatic carbocycles. The van der Waals surface area contributed by atoms with Gasteiger partial charge in [0.1, 0.15) is 11.5 Å². The van der Waals surface area contributed by atoms with Crippen LogP contribution >= 0.6 is 0 Å². The fraction of sp³-hybridized carbons (Fsp3) is 0.316. The van der Waals surface area contributed by atoms with Crippen LogP contribution in [0.25, 0.3) is 0 Å². The molecule has 3 rings (SSSR count). The second-order valence-corrected chi connectivity index (χ2v) is 8.05. The van der Waals surface area contributed by atoms with E-state index >= 15 is 0 Å². The van der Waals surface area contributed by atoms with Crippen LogP contribution in [0.2, 0.25) is 0 Å². The van der Waals surface area contributed by atoms with E-state index in [0.717, 1.165) is 5.56 Å². The quantitative estimate of drug-likeness (QED) is 0.821. The molecule has 0 fully saturated rings. The maximum atomic E-state index is 13.3. The lowest BCUT2D eigenvalue weighted by molar-refractivity contribution is 0.0981. The first-order valence-electron chi connectivity index (χ1n) is 8.19. The molecule has 0 bridgehead atoms. The van der Waals surface area contributed by atoms with Gasteiger partial charge in [-0.05, 0) is 55.3 Å². The van der Waals surface area contributed by atoms with E-state index in [1.54, 1.807) is 51.3 Å². The number of hydrogen-bond donors (Lipinski definition) is 0. The Labute approximate surface area is 153 Å². The molecule has 138 valence electrons. The SMILES string of the molecule is COc1ccc2c(c1)C(=O)CCN2S(=O)(=O)c1cc(C)c(OC)cc1C. The second-order valence-electron chi connectivity index (χ2n) is 6.22. The topological polar surface area (TPSA) is 72.9 Å². The fourth-order valence-electron chi connectivity index (χ4n) is 3.17. The molecule has 0 spiro atoms. The van der Waals surface area contributed by atoms with Gasteiger partial charge in [0.15, 0.2) is 5.78 Å². The fourth-order valence-corrected chi connectivity index (χ4v) is 4.95. The largest absolute Gasteiger partial charge is 0.497 e. The third-order valence-electron chi connectivity index (χ3n) is 4.58. The van der Waals surface area contributed by atoms with Crippen molar-refractivity contribution < 1.29 is 22.7 Å². The molecule has 0 radical (unpaired) electrons. The summed E-state index contributed by atoms with van der Waals surface area (Å²) >= 11 is 0. The molecule has 0 atom stereocenters. The number of benzene rings is 2. The van der Waals surface area contributed by atoms with Crippen LogP contribution < -0.4 is 13.8 Å². The molecule has 1 aliphatic heterocycles. The van der Waals surface area contributed by atoms with Gasteiger partial charge >= 0.3 is 0 Å². The minimum Gasteiger partial charge on any atom is -0.497 e. The van der Waals surface area contributed by atoms with Gasteiger partial charge in [-0.3, -0.25) is 9.10 Å². The maximum Gasteiger partial charge on any atom is 0.264 e. The highest BCUT2D eigenvalue weighted by Gasteiger charge is 2.33. The zero-order chi connectivity index (χ0) is 19.1. The Morgan fingerprint density at radius 1 is 1.00 bits per heavy atom. The number of carbonyl (C=O) groups is 1. The van der Waals surface area contributed by atoms with Crippen molar-refractivity contribution in [1.82, 2.24) is 0 Å². The molecule has 1 heterocycles. The molecule has 26 heavy (non-hydrogen) atoms. The number of methoxy groups -OCH3 is 2. The van der Waals surface area contributed by atoms with Crippen LogP contribution in [0.3, 0.4) is 0 Å². The highest BCUT2D eigenvalue weighted by molar-refractivity contribution is 7.93. The molecule has 0 amide bonds. The third kappa shape index (κ3) is 2.92. The van der Waals surface area contributed by atoms with Gasteiger partial charge in [-0.25, -0.2) is 8.42 Å². The zero-order valence-electron chi connectivity index (χ0n) is 15.2. The summed E-state index contributed by atoms with van der Waals surface area (Å²) in [5.41, 5.74) is 2.08. The predicted octanol–water partition coefficient (Wildman–Crippen LogP) is 3.10. The van der Waals surface area contributed by atoms with Gasteiger partial charge in [-0.1, -0.05) is 0 Å². The van der Waals surface area contributed by atoms with Crippen LogP contribution in [0, 0.1) is 13.8 Å². The normalized spacial score (nSPS) is 14.2. The van der Waals surface area contributed by atoms with E-state index < -0.39 is 10.0 Å². The van der Waals surface area contributed by atoms with Crippen LogP contribution in [0.5, 0.6) is 11.5 Å². The number of ether oxygens (including phenoxy) is 2. The summed E-state index contributed by atoms with van der Waals surface area (Å²) in [6, 6.07) is 8.20. The van der Waals surface area contributed by atoms with E-state index in [1.807, 2.05) is 0 Å². The number of anilines is 1. The van der Waals surface area contributed by atoms with E-state index in [9.17, 15) is 13.2 Å². The molecule has 0 unspecified atom stereocenters. The second kappa shape index (κ2) is 6.64. The number of Topliss-reactive ketones (excluding diaryl/α,β-unsaturated/α-hetero) is 1. The van der Waals surface area contributed by atoms with Crippen molar-refractivity contribution in [2.75, 3.05) is 25.1 Å². The lowest BCUT2D eigenvalue weighted by Crippen LogP contribution is -2.37. The molecular formula is C19H21NO5S. The Balaban J connectivity index is 2.14. The summed E-state index contributed by atoms with van der Waals surface area (Å²) in [6.45, 7) is 3.65. The number of rotatable bonds is 4. The molecular weight excluding hydrogens is 354 g/mol. The van der Waals surface area contributed by atoms with Crippen LogP contribution in [-0.4, -0.2) is 35.0 Å². The number of carbonyl (C=O) groups excluding carboxylic acids is 1. The highest BCUT2D eigenvalue weighted by Crippen LogP contribution is 2.36. The minimum absolute atomic E-state index is 0.0898. The summed E-state index contributed by atoms with van der Waals surface area (Å²) in [4.78, 5) is 12.5. The number of nitrogens with zero attached hydrogens (tertiary/aromatic N) is 1. The van der Waals surface area contributed by atoms with Crippen LogP contribution in [0.4, 0.5) is 5.69 Å². The van der Waals surface area contributed by atoms with Gasteiger partial charge in [-0.15, -0.1) is 0 Å². The van der Waals surface area contributed by atoms with Crippen molar-refractivity contribution in [3.63, 3.8) is 0 Å². The Morgan fingerprint density at radius 3 is 2.38 bits per heavy atom. The molecule has 6 nitrogen and oxygen atoms in total. The van der Waals surface area contributed by atoms with Crippen molar-refractivity contribution in [3.8, 4) is 11.5 Å². The maximum absolute atomic E-state index is 13.3. The van der Waals surface area contributed by atoms with Gasteiger partial charge in [0, 0.05) is 18.5 Å². The Bertz CT molecular complexity index is 982. The van der Waals surface area contributed by atoms with Gasteiger partial charge in [-0.2, -0.15) is 0 Å². The molecule has 7 heteroatoms. The summed E-state index contributed by atoms with van der Waals surface area (Å²) in [5, 5.41) is 0. The molecule has 2 aromatic rings. The highest BCUT2D eigenvalue weighted by atomic mass is 32.2. The van der Waals surface area contributed by atoms with Crippen molar-refractivity contribution in [2.24, 2.45) is 0 Å². The molecule has 0 aromatic heterocycles. The Morgan fingerprint density at radius 2 is 1.73 bits per heavy atom. The van der Waals surface area contributed by atoms with Crippen molar-refractivity contribution in [3.05, 3.63) is 47.0 Å². The molecule has 2 aromatic carbocycles. The first kappa shape index (κ1) is 18.3. The standard InChI is InChI=1S/C19H21NO5S/c1-12-10-19(13(2)9-18(12)25-4)26(22,23)20-8-7-17(21)15-11-14(24-3)5-6-16(15)20/h5-6,9-11H,7-8H2,1-4H3. The predicted molar refractivity (Wildman–Crippen MR) is 98.9 cm³/mol. The lowest BCUT2D eigenvalue weighted by atomic mass is 10.0. The number of fused-ring (bicyclic) bond motifs is 1. The van der Waals surface area contributed by atoms with Crippen molar-refractivity contribution >= 4 is 21.5 Å². The van der Waals surface area contributed by atoms with E-state index in [4.69, 9.17) is 9.47 Å². The average Bonchev–Trinajstić information content (AvgIpc) is 2.63. The number of sulfonamides is 1. The number of ketones is 1. The number of hydrogen-bond acceptors (Lipinski definition) is 5. The van der Waals surface area contributed by atoms with Gasteiger partial charge < -0.3 is 9.47 Å². The van der Waals surface area contributed by atoms with Crippen molar-refractivity contribution in [1.29, 1.82) is 0 Å². The number of aryl methyl sites for hydroxylation is 2. The van der Waals surface area contributed by atoms with Crippen LogP contribution in [-0.2, 0) is 10.0 Å². The average molecular weight is 375 g/mol. The molecule has 0 N–H and O–H groups in total. The van der Waals surface area contributed by atoms with Gasteiger partial charge in [0.2, 0.25) is 0 Å². The van der Waals surface area contributed by atoms with Crippen LogP contribution in [0.15, 0.2) is 35.2 Å². The zero-order valence-corrected chi connectivity index (χ0v) is 16.0. The van der Waals surface area contributed by atoms with Gasteiger partial charge in [0.05, 0.1) is 24.8 Å². The lowest BCUT2D eigenvalue weighted by Gasteiger charge is -2.30. The summed E-state index contributed by atoms with van der Waals surface area (Å²) in [7, 11) is -0.753. The Hall–Kier alpha value is -2.54. The monoisotopic (exact) mass is 375 g/mol. The van der Waals surface area contributed by atoms with Crippen LogP contribution in [0.1, 0.15) is 27.9 Å². The molecule has 0 saturated carbocycles. The van der Waals surface area contributed by atoms with Crippen molar-refractivity contribution in [2.45, 2.75) is 25.2 Å². The summed E-state index contributed by atoms with van der Waals surface area (Å²) in [5.74, 6) is 1.07. The smallest absolute Gasteiger partial charge is 0.264 e. The molecule has 0 saturated heterocycles. The molecule has 1 aliphatic rings.